The number of ketones is 1. The van der Waals surface area contributed by atoms with Crippen molar-refractivity contribution in [2.24, 2.45) is 0 Å². The zero-order valence-corrected chi connectivity index (χ0v) is 10.4. The monoisotopic (exact) mass is 272 g/mol. The van der Waals surface area contributed by atoms with Crippen molar-refractivity contribution in [3.63, 3.8) is 0 Å². The Bertz CT molecular complexity index is 454. The highest BCUT2D eigenvalue weighted by molar-refractivity contribution is 5.86. The molecule has 0 aliphatic carbocycles. The molecule has 19 heavy (non-hydrogen) atoms. The van der Waals surface area contributed by atoms with E-state index in [4.69, 9.17) is 4.74 Å². The van der Waals surface area contributed by atoms with E-state index in [0.29, 0.717) is 18.8 Å². The van der Waals surface area contributed by atoms with Gasteiger partial charge in [-0.25, -0.2) is 0 Å². The molecule has 0 amide bonds. The topological polar surface area (TPSA) is 26.3 Å². The predicted octanol–water partition coefficient (Wildman–Crippen LogP) is 3.85. The van der Waals surface area contributed by atoms with E-state index in [2.05, 4.69) is 0 Å². The van der Waals surface area contributed by atoms with Gasteiger partial charge in [0.25, 0.3) is 0 Å². The van der Waals surface area contributed by atoms with E-state index in [1.165, 1.54) is 0 Å². The molecule has 0 spiro atoms. The van der Waals surface area contributed by atoms with Gasteiger partial charge in [-0.2, -0.15) is 13.2 Å². The van der Waals surface area contributed by atoms with E-state index in [0.717, 1.165) is 5.56 Å². The molecular weight excluding hydrogens is 257 g/mol. The molecule has 104 valence electrons. The van der Waals surface area contributed by atoms with Crippen LogP contribution in [0, 0.1) is 0 Å². The third kappa shape index (κ3) is 3.72. The van der Waals surface area contributed by atoms with Gasteiger partial charge in [0.1, 0.15) is 11.5 Å². The van der Waals surface area contributed by atoms with Gasteiger partial charge in [-0.15, -0.1) is 0 Å². The summed E-state index contributed by atoms with van der Waals surface area (Å²) in [6.07, 6.45) is -4.71. The van der Waals surface area contributed by atoms with E-state index in [1.807, 2.05) is 12.1 Å². The van der Waals surface area contributed by atoms with Gasteiger partial charge >= 0.3 is 6.18 Å². The zero-order valence-electron chi connectivity index (χ0n) is 10.4. The molecule has 0 aromatic heterocycles. The summed E-state index contributed by atoms with van der Waals surface area (Å²) in [5.74, 6) is 0.223. The highest BCUT2D eigenvalue weighted by Crippen LogP contribution is 2.35. The van der Waals surface area contributed by atoms with Crippen LogP contribution in [0.15, 0.2) is 24.3 Å². The minimum atomic E-state index is -4.19. The van der Waals surface area contributed by atoms with Crippen molar-refractivity contribution < 1.29 is 22.7 Å². The lowest BCUT2D eigenvalue weighted by molar-refractivity contribution is -0.137. The molecule has 1 aromatic carbocycles. The van der Waals surface area contributed by atoms with Gasteiger partial charge in [-0.1, -0.05) is 18.2 Å². The average Bonchev–Trinajstić information content (AvgIpc) is 2.36. The molecule has 0 N–H and O–H groups in total. The second kappa shape index (κ2) is 5.63. The Hall–Kier alpha value is -1.52. The fourth-order valence-corrected chi connectivity index (χ4v) is 2.31. The first-order valence-corrected chi connectivity index (χ1v) is 6.28. The molecule has 1 aliphatic heterocycles. The first kappa shape index (κ1) is 13.9. The molecule has 2 rings (SSSR count). The van der Waals surface area contributed by atoms with E-state index < -0.39 is 12.6 Å². The lowest BCUT2D eigenvalue weighted by Gasteiger charge is -2.24. The van der Waals surface area contributed by atoms with Crippen molar-refractivity contribution in [3.8, 4) is 5.75 Å². The summed E-state index contributed by atoms with van der Waals surface area (Å²) in [4.78, 5) is 12.0. The van der Waals surface area contributed by atoms with E-state index in [1.54, 1.807) is 12.1 Å². The zero-order chi connectivity index (χ0) is 13.9. The van der Waals surface area contributed by atoms with Crippen molar-refractivity contribution in [1.82, 2.24) is 0 Å². The largest absolute Gasteiger partial charge is 0.493 e. The maximum absolute atomic E-state index is 12.1. The summed E-state index contributed by atoms with van der Waals surface area (Å²) in [5, 5.41) is 0. The molecule has 2 nitrogen and oxygen atoms in total. The van der Waals surface area contributed by atoms with Gasteiger partial charge < -0.3 is 4.74 Å². The molecule has 0 saturated carbocycles. The second-order valence-electron chi connectivity index (χ2n) is 4.66. The van der Waals surface area contributed by atoms with Crippen molar-refractivity contribution in [1.29, 1.82) is 0 Å². The van der Waals surface area contributed by atoms with Crippen LogP contribution in [0.25, 0.3) is 0 Å². The number of carbonyl (C=O) groups is 1. The molecule has 1 aromatic rings. The Morgan fingerprint density at radius 3 is 2.79 bits per heavy atom. The number of hydrogen-bond donors (Lipinski definition) is 0. The van der Waals surface area contributed by atoms with Crippen LogP contribution in [0.5, 0.6) is 5.75 Å². The Labute approximate surface area is 109 Å². The number of fused-ring (bicyclic) bond motifs is 1. The van der Waals surface area contributed by atoms with Gasteiger partial charge in [-0.3, -0.25) is 4.79 Å². The van der Waals surface area contributed by atoms with E-state index >= 15 is 0 Å². The highest BCUT2D eigenvalue weighted by atomic mass is 19.4. The van der Waals surface area contributed by atoms with E-state index in [-0.39, 0.29) is 24.5 Å². The van der Waals surface area contributed by atoms with Crippen molar-refractivity contribution in [3.05, 3.63) is 29.8 Å². The fraction of sp³-hybridized carbons (Fsp3) is 0.500. The smallest absolute Gasteiger partial charge is 0.389 e. The Morgan fingerprint density at radius 1 is 1.32 bits per heavy atom. The van der Waals surface area contributed by atoms with Crippen LogP contribution >= 0.6 is 0 Å². The van der Waals surface area contributed by atoms with Gasteiger partial charge in [0, 0.05) is 24.3 Å². The molecule has 1 heterocycles. The molecule has 1 aliphatic rings. The van der Waals surface area contributed by atoms with Gasteiger partial charge in [-0.05, 0) is 18.9 Å². The molecule has 5 heteroatoms. The first-order chi connectivity index (χ1) is 8.97. The number of carbonyl (C=O) groups excluding carboxylic acids is 1. The van der Waals surface area contributed by atoms with E-state index in [9.17, 15) is 18.0 Å². The fourth-order valence-electron chi connectivity index (χ4n) is 2.31. The van der Waals surface area contributed by atoms with Crippen molar-refractivity contribution in [2.45, 2.75) is 37.8 Å². The predicted molar refractivity (Wildman–Crippen MR) is 64.2 cm³/mol. The second-order valence-corrected chi connectivity index (χ2v) is 4.66. The summed E-state index contributed by atoms with van der Waals surface area (Å²) < 4.78 is 41.6. The SMILES string of the molecule is O=C(CCCC(F)(F)F)C1CCOc2ccccc21. The number of alkyl halides is 3. The molecule has 1 unspecified atom stereocenters. The number of para-hydroxylation sites is 1. The van der Waals surface area contributed by atoms with Crippen molar-refractivity contribution >= 4 is 5.78 Å². The number of benzene rings is 1. The minimum absolute atomic E-state index is 0.0293. The van der Waals surface area contributed by atoms with Gasteiger partial charge in [0.05, 0.1) is 6.61 Å². The molecule has 0 fully saturated rings. The Balaban J connectivity index is 1.97. The summed E-state index contributed by atoms with van der Waals surface area (Å²) in [5.41, 5.74) is 0.797. The maximum atomic E-state index is 12.1. The minimum Gasteiger partial charge on any atom is -0.493 e. The number of hydrogen-bond acceptors (Lipinski definition) is 2. The number of ether oxygens (including phenoxy) is 1. The van der Waals surface area contributed by atoms with Gasteiger partial charge in [0.2, 0.25) is 0 Å². The van der Waals surface area contributed by atoms with Crippen LogP contribution < -0.4 is 4.74 Å². The van der Waals surface area contributed by atoms with Crippen LogP contribution in [0.4, 0.5) is 13.2 Å². The molecular formula is C14H15F3O2. The third-order valence-corrected chi connectivity index (χ3v) is 3.23. The van der Waals surface area contributed by atoms with Crippen LogP contribution in [0.1, 0.15) is 37.2 Å². The average molecular weight is 272 g/mol. The Morgan fingerprint density at radius 2 is 2.05 bits per heavy atom. The number of Topliss-reactive ketones (excluding diaryl/α,β-unsaturated/α-hetero) is 1. The lowest BCUT2D eigenvalue weighted by atomic mass is 9.87. The molecule has 0 bridgehead atoms. The molecule has 1 atom stereocenters. The standard InChI is InChI=1S/C14H15F3O2/c15-14(16,17)8-3-5-12(18)10-7-9-19-13-6-2-1-4-11(10)13/h1-2,4,6,10H,3,5,7-9H2. The van der Waals surface area contributed by atoms with Crippen LogP contribution in [-0.4, -0.2) is 18.6 Å². The van der Waals surface area contributed by atoms with Crippen LogP contribution in [-0.2, 0) is 4.79 Å². The normalized spacial score (nSPS) is 18.6. The highest BCUT2D eigenvalue weighted by Gasteiger charge is 2.30. The third-order valence-electron chi connectivity index (χ3n) is 3.23. The van der Waals surface area contributed by atoms with Crippen LogP contribution in [0.2, 0.25) is 0 Å². The van der Waals surface area contributed by atoms with Gasteiger partial charge in [0.15, 0.2) is 0 Å². The lowest BCUT2D eigenvalue weighted by Crippen LogP contribution is -2.21. The summed E-state index contributed by atoms with van der Waals surface area (Å²) in [7, 11) is 0. The summed E-state index contributed by atoms with van der Waals surface area (Å²) >= 11 is 0. The number of rotatable bonds is 4. The molecule has 0 radical (unpaired) electrons. The van der Waals surface area contributed by atoms with Crippen molar-refractivity contribution in [2.75, 3.05) is 6.61 Å². The summed E-state index contributed by atoms with van der Waals surface area (Å²) in [6.45, 7) is 0.437. The Kier molecular flexibility index (Phi) is 4.12. The molecule has 0 saturated heterocycles. The van der Waals surface area contributed by atoms with Crippen LogP contribution in [0.3, 0.4) is 0 Å². The summed E-state index contributed by atoms with van der Waals surface area (Å²) in [6, 6.07) is 7.21. The quantitative estimate of drug-likeness (QED) is 0.832. The first-order valence-electron chi connectivity index (χ1n) is 6.28. The maximum Gasteiger partial charge on any atom is 0.389 e. The number of halogens is 3.